The molecule has 1 aliphatic rings. The van der Waals surface area contributed by atoms with E-state index < -0.39 is 35.2 Å². The highest BCUT2D eigenvalue weighted by atomic mass is 32.1. The van der Waals surface area contributed by atoms with E-state index in [2.05, 4.69) is 0 Å². The number of hydrogen-bond donors (Lipinski definition) is 0. The Morgan fingerprint density at radius 3 is 2.56 bits per heavy atom. The normalized spacial score (nSPS) is 15.0. The number of Topliss-reactive ketones (excluding diaryl/α,β-unsaturated/α-hetero) is 1. The third kappa shape index (κ3) is 5.47. The van der Waals surface area contributed by atoms with Gasteiger partial charge >= 0.3 is 11.9 Å². The van der Waals surface area contributed by atoms with Crippen molar-refractivity contribution in [3.63, 3.8) is 0 Å². The molecule has 0 radical (unpaired) electrons. The molecular weight excluding hydrogens is 488 g/mol. The number of nitrogens with zero attached hydrogens (tertiary/aromatic N) is 2. The number of hydrogen-bond acceptors (Lipinski definition) is 9. The Morgan fingerprint density at radius 2 is 1.89 bits per heavy atom. The van der Waals surface area contributed by atoms with Crippen LogP contribution in [-0.4, -0.2) is 41.7 Å². The molecule has 2 heterocycles. The average Bonchev–Trinajstić information content (AvgIpc) is 3.53. The summed E-state index contributed by atoms with van der Waals surface area (Å²) in [4.78, 5) is 61.8. The molecular formula is C25H20N2O8S. The predicted octanol–water partition coefficient (Wildman–Crippen LogP) is 3.96. The average molecular weight is 509 g/mol. The number of nitro benzene ring substituents is 1. The van der Waals surface area contributed by atoms with Crippen molar-refractivity contribution in [2.45, 2.75) is 13.3 Å². The van der Waals surface area contributed by atoms with E-state index >= 15 is 0 Å². The molecule has 10 nitrogen and oxygen atoms in total. The molecule has 0 unspecified atom stereocenters. The van der Waals surface area contributed by atoms with Crippen LogP contribution in [0, 0.1) is 23.0 Å². The summed E-state index contributed by atoms with van der Waals surface area (Å²) in [6.07, 6.45) is -0.126. The highest BCUT2D eigenvalue weighted by Gasteiger charge is 2.37. The Kier molecular flexibility index (Phi) is 7.20. The van der Waals surface area contributed by atoms with Crippen LogP contribution >= 0.6 is 11.3 Å². The second kappa shape index (κ2) is 10.5. The number of aryl methyl sites for hydroxylation is 1. The zero-order chi connectivity index (χ0) is 25.8. The molecule has 1 aliphatic heterocycles. The maximum atomic E-state index is 12.5. The summed E-state index contributed by atoms with van der Waals surface area (Å²) in [5.74, 6) is -2.57. The molecule has 1 aromatic heterocycles. The fourth-order valence-corrected chi connectivity index (χ4v) is 4.27. The number of ether oxygens (including phenoxy) is 2. The van der Waals surface area contributed by atoms with E-state index in [0.717, 1.165) is 0 Å². The maximum absolute atomic E-state index is 12.5. The van der Waals surface area contributed by atoms with Crippen molar-refractivity contribution >= 4 is 46.3 Å². The summed E-state index contributed by atoms with van der Waals surface area (Å²) in [6.45, 7) is 1.07. The Balaban J connectivity index is 1.31. The van der Waals surface area contributed by atoms with Crippen LogP contribution < -0.4 is 9.64 Å². The largest absolute Gasteiger partial charge is 0.457 e. The Morgan fingerprint density at radius 1 is 1.14 bits per heavy atom. The van der Waals surface area contributed by atoms with Gasteiger partial charge in [-0.2, -0.15) is 0 Å². The zero-order valence-corrected chi connectivity index (χ0v) is 19.9. The van der Waals surface area contributed by atoms with Gasteiger partial charge in [-0.1, -0.05) is 12.1 Å². The summed E-state index contributed by atoms with van der Waals surface area (Å²) in [5.41, 5.74) is 0.918. The van der Waals surface area contributed by atoms with Gasteiger partial charge in [0.1, 0.15) is 10.6 Å². The molecule has 3 aromatic rings. The number of nitro groups is 1. The molecule has 1 atom stereocenters. The number of carbonyl (C=O) groups is 4. The van der Waals surface area contributed by atoms with Gasteiger partial charge in [0.15, 0.2) is 12.4 Å². The lowest BCUT2D eigenvalue weighted by Crippen LogP contribution is -2.27. The van der Waals surface area contributed by atoms with Crippen molar-refractivity contribution in [2.24, 2.45) is 5.92 Å². The molecule has 184 valence electrons. The monoisotopic (exact) mass is 508 g/mol. The standard InChI is InChI=1S/C25H20N2O8S/c1-15-4-7-18(12-20(15)27(32)33)26-13-17(11-23(26)29)24(30)34-14-21(28)16-5-8-19(9-6-16)35-25(31)22-3-2-10-36-22/h2-10,12,17H,11,13-14H2,1H3/t17-/m0/s1. The fraction of sp³-hybridized carbons (Fsp3) is 0.200. The minimum Gasteiger partial charge on any atom is -0.457 e. The zero-order valence-electron chi connectivity index (χ0n) is 19.0. The Labute approximate surface area is 209 Å². The molecule has 0 N–H and O–H groups in total. The highest BCUT2D eigenvalue weighted by molar-refractivity contribution is 7.12. The molecule has 0 saturated carbocycles. The van der Waals surface area contributed by atoms with Gasteiger partial charge < -0.3 is 14.4 Å². The number of benzene rings is 2. The van der Waals surface area contributed by atoms with E-state index in [1.165, 1.54) is 46.6 Å². The van der Waals surface area contributed by atoms with E-state index in [-0.39, 0.29) is 35.9 Å². The summed E-state index contributed by atoms with van der Waals surface area (Å²) in [5, 5.41) is 13.0. The number of rotatable bonds is 8. The molecule has 1 fully saturated rings. The fourth-order valence-electron chi connectivity index (χ4n) is 3.68. The lowest BCUT2D eigenvalue weighted by molar-refractivity contribution is -0.385. The van der Waals surface area contributed by atoms with Gasteiger partial charge in [0, 0.05) is 30.2 Å². The first-order valence-corrected chi connectivity index (χ1v) is 11.7. The lowest BCUT2D eigenvalue weighted by atomic mass is 10.1. The van der Waals surface area contributed by atoms with Gasteiger partial charge in [-0.3, -0.25) is 24.5 Å². The SMILES string of the molecule is Cc1ccc(N2C[C@@H](C(=O)OCC(=O)c3ccc(OC(=O)c4cccs4)cc3)CC2=O)cc1[N+](=O)[O-]. The van der Waals surface area contributed by atoms with Gasteiger partial charge in [0.05, 0.1) is 16.5 Å². The van der Waals surface area contributed by atoms with E-state index in [0.29, 0.717) is 16.1 Å². The van der Waals surface area contributed by atoms with Crippen LogP contribution in [0.25, 0.3) is 0 Å². The topological polar surface area (TPSA) is 133 Å². The second-order valence-electron chi connectivity index (χ2n) is 8.06. The van der Waals surface area contributed by atoms with Crippen LogP contribution in [0.15, 0.2) is 60.0 Å². The second-order valence-corrected chi connectivity index (χ2v) is 9.00. The quantitative estimate of drug-likeness (QED) is 0.147. The van der Waals surface area contributed by atoms with Crippen LogP contribution in [0.1, 0.15) is 32.0 Å². The van der Waals surface area contributed by atoms with Gasteiger partial charge in [-0.25, -0.2) is 4.79 Å². The molecule has 36 heavy (non-hydrogen) atoms. The maximum Gasteiger partial charge on any atom is 0.353 e. The van der Waals surface area contributed by atoms with E-state index in [1.807, 2.05) is 0 Å². The number of carbonyl (C=O) groups excluding carboxylic acids is 4. The third-order valence-corrected chi connectivity index (χ3v) is 6.46. The highest BCUT2D eigenvalue weighted by Crippen LogP contribution is 2.30. The Hall–Kier alpha value is -4.38. The number of anilines is 1. The predicted molar refractivity (Wildman–Crippen MR) is 129 cm³/mol. The van der Waals surface area contributed by atoms with Gasteiger partial charge in [0.25, 0.3) is 5.69 Å². The molecule has 1 amide bonds. The molecule has 2 aromatic carbocycles. The van der Waals surface area contributed by atoms with Gasteiger partial charge in [0.2, 0.25) is 5.91 Å². The van der Waals surface area contributed by atoms with Crippen molar-refractivity contribution < 1.29 is 33.6 Å². The summed E-state index contributed by atoms with van der Waals surface area (Å²) >= 11 is 1.25. The molecule has 11 heteroatoms. The summed E-state index contributed by atoms with van der Waals surface area (Å²) < 4.78 is 10.4. The summed E-state index contributed by atoms with van der Waals surface area (Å²) in [7, 11) is 0. The van der Waals surface area contributed by atoms with Crippen LogP contribution in [0.5, 0.6) is 5.75 Å². The van der Waals surface area contributed by atoms with Crippen molar-refractivity contribution in [1.29, 1.82) is 0 Å². The van der Waals surface area contributed by atoms with Crippen molar-refractivity contribution in [3.8, 4) is 5.75 Å². The molecule has 0 spiro atoms. The first kappa shape index (κ1) is 24.7. The van der Waals surface area contributed by atoms with Crippen molar-refractivity contribution in [1.82, 2.24) is 0 Å². The molecule has 1 saturated heterocycles. The van der Waals surface area contributed by atoms with Crippen molar-refractivity contribution in [2.75, 3.05) is 18.1 Å². The minimum absolute atomic E-state index is 0.00359. The molecule has 4 rings (SSSR count). The van der Waals surface area contributed by atoms with E-state index in [4.69, 9.17) is 9.47 Å². The number of esters is 2. The Bertz CT molecular complexity index is 1330. The van der Waals surface area contributed by atoms with Gasteiger partial charge in [-0.15, -0.1) is 11.3 Å². The van der Waals surface area contributed by atoms with E-state index in [1.54, 1.807) is 36.6 Å². The molecule has 0 bridgehead atoms. The third-order valence-electron chi connectivity index (χ3n) is 5.61. The minimum atomic E-state index is -0.801. The van der Waals surface area contributed by atoms with Crippen molar-refractivity contribution in [3.05, 3.63) is 86.1 Å². The number of thiophene rings is 1. The molecule has 0 aliphatic carbocycles. The summed E-state index contributed by atoms with van der Waals surface area (Å²) in [6, 6.07) is 13.6. The van der Waals surface area contributed by atoms with Gasteiger partial charge in [-0.05, 0) is 48.7 Å². The van der Waals surface area contributed by atoms with Crippen LogP contribution in [-0.2, 0) is 14.3 Å². The van der Waals surface area contributed by atoms with Crippen LogP contribution in [0.4, 0.5) is 11.4 Å². The first-order valence-electron chi connectivity index (χ1n) is 10.8. The number of amides is 1. The smallest absolute Gasteiger partial charge is 0.353 e. The van der Waals surface area contributed by atoms with E-state index in [9.17, 15) is 29.3 Å². The number of ketones is 1. The first-order chi connectivity index (χ1) is 17.2. The van der Waals surface area contributed by atoms with Crippen LogP contribution in [0.3, 0.4) is 0 Å². The van der Waals surface area contributed by atoms with Crippen LogP contribution in [0.2, 0.25) is 0 Å². The lowest BCUT2D eigenvalue weighted by Gasteiger charge is -2.16.